The van der Waals surface area contributed by atoms with E-state index in [0.29, 0.717) is 11.1 Å². The third-order valence-electron chi connectivity index (χ3n) is 2.81. The fourth-order valence-corrected chi connectivity index (χ4v) is 2.32. The first-order valence-electron chi connectivity index (χ1n) is 5.33. The highest BCUT2D eigenvalue weighted by Gasteiger charge is 2.29. The molecular weight excluding hydrogens is 266 g/mol. The zero-order valence-corrected chi connectivity index (χ0v) is 11.3. The van der Waals surface area contributed by atoms with Crippen LogP contribution < -0.4 is 5.14 Å². The quantitative estimate of drug-likeness (QED) is 0.874. The lowest BCUT2D eigenvalue weighted by molar-refractivity contribution is 0.102. The predicted molar refractivity (Wildman–Crippen MR) is 68.2 cm³/mol. The Kier molecular flexibility index (Phi) is 4.62. The Morgan fingerprint density at radius 3 is 2.37 bits per heavy atom. The molecule has 0 bridgehead atoms. The molecule has 0 spiro atoms. The molecule has 0 aliphatic heterocycles. The van der Waals surface area contributed by atoms with Crippen molar-refractivity contribution in [2.24, 2.45) is 5.14 Å². The number of benzene rings is 1. The highest BCUT2D eigenvalue weighted by molar-refractivity contribution is 7.89. The van der Waals surface area contributed by atoms with Gasteiger partial charge in [-0.25, -0.2) is 13.6 Å². The van der Waals surface area contributed by atoms with Crippen LogP contribution in [0.3, 0.4) is 0 Å². The van der Waals surface area contributed by atoms with Gasteiger partial charge in [0.2, 0.25) is 10.0 Å². The minimum Gasteiger partial charge on any atom is -0.375 e. The van der Waals surface area contributed by atoms with Gasteiger partial charge in [-0.2, -0.15) is 10.5 Å². The van der Waals surface area contributed by atoms with E-state index in [2.05, 4.69) is 0 Å². The van der Waals surface area contributed by atoms with Gasteiger partial charge in [-0.15, -0.1) is 0 Å². The molecule has 0 saturated carbocycles. The fourth-order valence-electron chi connectivity index (χ4n) is 1.71. The Labute approximate surface area is 112 Å². The van der Waals surface area contributed by atoms with E-state index < -0.39 is 21.4 Å². The van der Waals surface area contributed by atoms with Crippen LogP contribution in [0.4, 0.5) is 0 Å². The average molecular weight is 279 g/mol. The molecule has 0 amide bonds. The van der Waals surface area contributed by atoms with E-state index in [1.165, 1.54) is 32.2 Å². The minimum atomic E-state index is -3.80. The Morgan fingerprint density at radius 2 is 1.95 bits per heavy atom. The van der Waals surface area contributed by atoms with Crippen LogP contribution in [0, 0.1) is 22.7 Å². The van der Waals surface area contributed by atoms with Crippen LogP contribution in [0.5, 0.6) is 0 Å². The van der Waals surface area contributed by atoms with Crippen molar-refractivity contribution in [3.8, 4) is 12.1 Å². The van der Waals surface area contributed by atoms with Crippen molar-refractivity contribution in [2.45, 2.75) is 18.3 Å². The molecule has 1 aromatic carbocycles. The van der Waals surface area contributed by atoms with E-state index in [1.807, 2.05) is 12.1 Å². The van der Waals surface area contributed by atoms with E-state index in [-0.39, 0.29) is 5.56 Å². The van der Waals surface area contributed by atoms with Gasteiger partial charge >= 0.3 is 0 Å². The number of sulfonamides is 1. The number of nitriles is 2. The highest BCUT2D eigenvalue weighted by atomic mass is 32.2. The maximum absolute atomic E-state index is 11.4. The van der Waals surface area contributed by atoms with Crippen molar-refractivity contribution >= 4 is 10.0 Å². The van der Waals surface area contributed by atoms with Crippen molar-refractivity contribution in [3.05, 3.63) is 34.9 Å². The molecule has 0 aliphatic rings. The topological polar surface area (TPSA) is 117 Å². The van der Waals surface area contributed by atoms with Crippen LogP contribution in [-0.4, -0.2) is 20.8 Å². The third-order valence-corrected chi connectivity index (χ3v) is 4.09. The second kappa shape index (κ2) is 5.81. The summed E-state index contributed by atoms with van der Waals surface area (Å²) in [4.78, 5) is 0. The van der Waals surface area contributed by atoms with E-state index in [4.69, 9.17) is 20.4 Å². The summed E-state index contributed by atoms with van der Waals surface area (Å²) in [5, 5.41) is 21.9. The molecule has 0 saturated heterocycles. The minimum absolute atomic E-state index is 0.196. The standard InChI is InChI=1S/C12H13N3O3S/c1-8(19(15,16)17)12(18-2)11-4-3-9(6-13)5-10(11)7-14/h3-5,8,12H,1-2H3,(H2,15,16,17)/t8-,12-/m1/s1. The van der Waals surface area contributed by atoms with Crippen LogP contribution >= 0.6 is 0 Å². The monoisotopic (exact) mass is 279 g/mol. The molecule has 0 unspecified atom stereocenters. The molecule has 0 heterocycles. The first kappa shape index (κ1) is 15.1. The summed E-state index contributed by atoms with van der Waals surface area (Å²) < 4.78 is 27.9. The molecule has 0 radical (unpaired) electrons. The van der Waals surface area contributed by atoms with Crippen molar-refractivity contribution < 1.29 is 13.2 Å². The van der Waals surface area contributed by atoms with Gasteiger partial charge in [0.15, 0.2) is 0 Å². The van der Waals surface area contributed by atoms with Crippen molar-refractivity contribution in [1.29, 1.82) is 10.5 Å². The first-order valence-corrected chi connectivity index (χ1v) is 6.94. The molecule has 7 heteroatoms. The molecule has 19 heavy (non-hydrogen) atoms. The molecule has 2 N–H and O–H groups in total. The zero-order valence-electron chi connectivity index (χ0n) is 10.5. The van der Waals surface area contributed by atoms with Gasteiger partial charge in [-0.3, -0.25) is 0 Å². The Hall–Kier alpha value is -1.93. The number of methoxy groups -OCH3 is 1. The summed E-state index contributed by atoms with van der Waals surface area (Å²) in [6.45, 7) is 1.41. The van der Waals surface area contributed by atoms with Gasteiger partial charge in [-0.1, -0.05) is 6.07 Å². The molecule has 100 valence electrons. The largest absolute Gasteiger partial charge is 0.375 e. The van der Waals surface area contributed by atoms with E-state index in [9.17, 15) is 8.42 Å². The molecule has 1 rings (SSSR count). The third kappa shape index (κ3) is 3.30. The van der Waals surface area contributed by atoms with Gasteiger partial charge in [0, 0.05) is 7.11 Å². The lowest BCUT2D eigenvalue weighted by Crippen LogP contribution is -2.32. The Balaban J connectivity index is 3.36. The normalized spacial score (nSPS) is 14.2. The maximum atomic E-state index is 11.4. The highest BCUT2D eigenvalue weighted by Crippen LogP contribution is 2.27. The molecule has 0 aromatic heterocycles. The van der Waals surface area contributed by atoms with E-state index in [1.54, 1.807) is 0 Å². The second-order valence-corrected chi connectivity index (χ2v) is 5.90. The molecular formula is C12H13N3O3S. The first-order chi connectivity index (χ1) is 8.85. The van der Waals surface area contributed by atoms with Crippen molar-refractivity contribution in [3.63, 3.8) is 0 Å². The summed E-state index contributed by atoms with van der Waals surface area (Å²) in [6, 6.07) is 8.23. The SMILES string of the molecule is CO[C@@H](c1ccc(C#N)cc1C#N)[C@@H](C)S(N)(=O)=O. The van der Waals surface area contributed by atoms with Crippen molar-refractivity contribution in [1.82, 2.24) is 0 Å². The lowest BCUT2D eigenvalue weighted by Gasteiger charge is -2.22. The summed E-state index contributed by atoms with van der Waals surface area (Å²) in [6.07, 6.45) is -0.864. The van der Waals surface area contributed by atoms with Crippen LogP contribution in [0.25, 0.3) is 0 Å². The Morgan fingerprint density at radius 1 is 1.32 bits per heavy atom. The Bertz CT molecular complexity index is 656. The number of ether oxygens (including phenoxy) is 1. The van der Waals surface area contributed by atoms with Gasteiger partial charge in [0.05, 0.1) is 23.3 Å². The van der Waals surface area contributed by atoms with Crippen LogP contribution in [0.15, 0.2) is 18.2 Å². The number of hydrogen-bond acceptors (Lipinski definition) is 5. The maximum Gasteiger partial charge on any atom is 0.214 e. The molecule has 1 aromatic rings. The van der Waals surface area contributed by atoms with Gasteiger partial charge < -0.3 is 4.74 Å². The molecule has 6 nitrogen and oxygen atoms in total. The van der Waals surface area contributed by atoms with Crippen molar-refractivity contribution in [2.75, 3.05) is 7.11 Å². The van der Waals surface area contributed by atoms with Gasteiger partial charge in [0.1, 0.15) is 11.4 Å². The number of rotatable bonds is 4. The van der Waals surface area contributed by atoms with Gasteiger partial charge in [0.25, 0.3) is 0 Å². The summed E-state index contributed by atoms with van der Waals surface area (Å²) in [5.41, 5.74) is 0.908. The number of hydrogen-bond donors (Lipinski definition) is 1. The van der Waals surface area contributed by atoms with Crippen LogP contribution in [0.2, 0.25) is 0 Å². The summed E-state index contributed by atoms with van der Waals surface area (Å²) in [5.74, 6) is 0. The van der Waals surface area contributed by atoms with Gasteiger partial charge in [-0.05, 0) is 24.6 Å². The number of primary sulfonamides is 1. The van der Waals surface area contributed by atoms with E-state index in [0.717, 1.165) is 0 Å². The average Bonchev–Trinajstić information content (AvgIpc) is 2.38. The van der Waals surface area contributed by atoms with E-state index >= 15 is 0 Å². The summed E-state index contributed by atoms with van der Waals surface area (Å²) in [7, 11) is -2.46. The van der Waals surface area contributed by atoms with Crippen LogP contribution in [0.1, 0.15) is 29.7 Å². The number of nitrogens with zero attached hydrogens (tertiary/aromatic N) is 2. The number of nitrogens with two attached hydrogens (primary N) is 1. The summed E-state index contributed by atoms with van der Waals surface area (Å²) >= 11 is 0. The molecule has 0 fully saturated rings. The smallest absolute Gasteiger partial charge is 0.214 e. The van der Waals surface area contributed by atoms with Crippen LogP contribution in [-0.2, 0) is 14.8 Å². The second-order valence-electron chi connectivity index (χ2n) is 3.98. The fraction of sp³-hybridized carbons (Fsp3) is 0.333. The zero-order chi connectivity index (χ0) is 14.6. The predicted octanol–water partition coefficient (Wildman–Crippen LogP) is 0.794. The molecule has 0 aliphatic carbocycles. The molecule has 2 atom stereocenters. The lowest BCUT2D eigenvalue weighted by atomic mass is 9.99.